The van der Waals surface area contributed by atoms with Crippen molar-refractivity contribution in [3.05, 3.63) is 21.9 Å². The zero-order valence-corrected chi connectivity index (χ0v) is 16.2. The Balaban J connectivity index is 2.33. The fourth-order valence-electron chi connectivity index (χ4n) is 3.27. The van der Waals surface area contributed by atoms with Gasteiger partial charge in [-0.2, -0.15) is 0 Å². The second-order valence-corrected chi connectivity index (χ2v) is 8.05. The monoisotopic (exact) mass is 332 g/mol. The quantitative estimate of drug-likeness (QED) is 0.243. The Kier molecular flexibility index (Phi) is 12.1. The van der Waals surface area contributed by atoms with Crippen LogP contribution in [-0.2, 0) is 6.42 Å². The molecule has 0 amide bonds. The molecule has 1 aromatic heterocycles. The lowest BCUT2D eigenvalue weighted by atomic mass is 9.91. The molecule has 1 rings (SSSR count). The molecule has 130 valence electrons. The molecule has 0 aliphatic heterocycles. The van der Waals surface area contributed by atoms with E-state index in [0.29, 0.717) is 0 Å². The Morgan fingerprint density at radius 2 is 1.43 bits per heavy atom. The van der Waals surface area contributed by atoms with E-state index in [-0.39, 0.29) is 0 Å². The van der Waals surface area contributed by atoms with Crippen molar-refractivity contribution in [1.82, 2.24) is 0 Å². The summed E-state index contributed by atoms with van der Waals surface area (Å²) in [6, 6.07) is 4.36. The molecule has 0 saturated heterocycles. The van der Waals surface area contributed by atoms with E-state index < -0.39 is 0 Å². The first-order chi connectivity index (χ1) is 11.3. The number of terminal acetylenes is 1. The zero-order chi connectivity index (χ0) is 16.8. The molecule has 0 spiro atoms. The predicted octanol–water partition coefficient (Wildman–Crippen LogP) is 7.61. The van der Waals surface area contributed by atoms with E-state index in [1.807, 2.05) is 11.3 Å². The predicted molar refractivity (Wildman–Crippen MR) is 106 cm³/mol. The van der Waals surface area contributed by atoms with E-state index in [1.165, 1.54) is 88.3 Å². The molecular formula is C22H36S. The normalized spacial score (nSPS) is 12.2. The van der Waals surface area contributed by atoms with Gasteiger partial charge in [0.05, 0.1) is 4.88 Å². The van der Waals surface area contributed by atoms with Crippen LogP contribution >= 0.6 is 11.3 Å². The van der Waals surface area contributed by atoms with Crippen molar-refractivity contribution < 1.29 is 0 Å². The second-order valence-electron chi connectivity index (χ2n) is 6.89. The summed E-state index contributed by atoms with van der Waals surface area (Å²) in [6.45, 7) is 4.58. The molecule has 1 heteroatoms. The summed E-state index contributed by atoms with van der Waals surface area (Å²) < 4.78 is 0. The van der Waals surface area contributed by atoms with Gasteiger partial charge in [0.1, 0.15) is 0 Å². The molecule has 0 nitrogen and oxygen atoms in total. The largest absolute Gasteiger partial charge is 0.132 e. The van der Waals surface area contributed by atoms with Crippen LogP contribution in [0, 0.1) is 18.3 Å². The van der Waals surface area contributed by atoms with E-state index >= 15 is 0 Å². The number of hydrogen-bond acceptors (Lipinski definition) is 1. The lowest BCUT2D eigenvalue weighted by Gasteiger charge is -2.16. The molecule has 0 bridgehead atoms. The van der Waals surface area contributed by atoms with E-state index in [1.54, 1.807) is 0 Å². The van der Waals surface area contributed by atoms with Crippen molar-refractivity contribution in [2.45, 2.75) is 97.3 Å². The fourth-order valence-corrected chi connectivity index (χ4v) is 4.20. The molecule has 0 aliphatic carbocycles. The van der Waals surface area contributed by atoms with Crippen LogP contribution < -0.4 is 0 Å². The zero-order valence-electron chi connectivity index (χ0n) is 15.4. The first-order valence-corrected chi connectivity index (χ1v) is 10.7. The van der Waals surface area contributed by atoms with Crippen molar-refractivity contribution >= 4 is 11.3 Å². The summed E-state index contributed by atoms with van der Waals surface area (Å²) in [5.41, 5.74) is 0. The van der Waals surface area contributed by atoms with Gasteiger partial charge in [-0.1, -0.05) is 96.8 Å². The Bertz CT molecular complexity index is 423. The highest BCUT2D eigenvalue weighted by molar-refractivity contribution is 7.12. The molecule has 1 unspecified atom stereocenters. The first-order valence-electron chi connectivity index (χ1n) is 9.85. The summed E-state index contributed by atoms with van der Waals surface area (Å²) in [5.74, 6) is 3.63. The van der Waals surface area contributed by atoms with Gasteiger partial charge >= 0.3 is 0 Å². The minimum absolute atomic E-state index is 0.863. The van der Waals surface area contributed by atoms with Crippen molar-refractivity contribution in [3.8, 4) is 12.3 Å². The van der Waals surface area contributed by atoms with Crippen LogP contribution in [0.25, 0.3) is 0 Å². The Morgan fingerprint density at radius 3 is 2.00 bits per heavy atom. The summed E-state index contributed by atoms with van der Waals surface area (Å²) >= 11 is 1.82. The van der Waals surface area contributed by atoms with Gasteiger partial charge in [-0.05, 0) is 24.5 Å². The maximum absolute atomic E-state index is 5.51. The van der Waals surface area contributed by atoms with Gasteiger partial charge in [-0.15, -0.1) is 17.8 Å². The van der Waals surface area contributed by atoms with Crippen LogP contribution in [0.15, 0.2) is 12.1 Å². The minimum Gasteiger partial charge on any atom is -0.132 e. The van der Waals surface area contributed by atoms with Gasteiger partial charge in [-0.25, -0.2) is 0 Å². The van der Waals surface area contributed by atoms with E-state index in [2.05, 4.69) is 31.9 Å². The second kappa shape index (κ2) is 13.7. The van der Waals surface area contributed by atoms with Crippen molar-refractivity contribution in [2.24, 2.45) is 5.92 Å². The summed E-state index contributed by atoms with van der Waals surface area (Å²) in [7, 11) is 0. The lowest BCUT2D eigenvalue weighted by Crippen LogP contribution is -2.04. The smallest absolute Gasteiger partial charge is 0.0768 e. The third-order valence-electron chi connectivity index (χ3n) is 4.73. The average molecular weight is 333 g/mol. The molecule has 0 saturated carbocycles. The van der Waals surface area contributed by atoms with Crippen molar-refractivity contribution in [3.63, 3.8) is 0 Å². The molecule has 1 aromatic rings. The van der Waals surface area contributed by atoms with Crippen LogP contribution in [0.3, 0.4) is 0 Å². The number of unbranched alkanes of at least 4 members (excludes halogenated alkanes) is 8. The SMILES string of the molecule is C#Cc1ccc(CC(CCCCCC)CCCCCCCC)s1. The minimum atomic E-state index is 0.863. The Hall–Kier alpha value is -0.740. The van der Waals surface area contributed by atoms with Crippen LogP contribution in [0.4, 0.5) is 0 Å². The number of hydrogen-bond donors (Lipinski definition) is 0. The number of rotatable bonds is 14. The Labute approximate surface area is 149 Å². The highest BCUT2D eigenvalue weighted by Gasteiger charge is 2.11. The third-order valence-corrected chi connectivity index (χ3v) is 5.76. The fraction of sp³-hybridized carbons (Fsp3) is 0.727. The van der Waals surface area contributed by atoms with Crippen molar-refractivity contribution in [1.29, 1.82) is 0 Å². The maximum atomic E-state index is 5.51. The molecule has 1 atom stereocenters. The van der Waals surface area contributed by atoms with E-state index in [0.717, 1.165) is 10.8 Å². The molecule has 0 N–H and O–H groups in total. The summed E-state index contributed by atoms with van der Waals surface area (Å²) in [6.07, 6.45) is 23.5. The first kappa shape index (κ1) is 20.3. The maximum Gasteiger partial charge on any atom is 0.0768 e. The molecular weight excluding hydrogens is 296 g/mol. The highest BCUT2D eigenvalue weighted by Crippen LogP contribution is 2.26. The van der Waals surface area contributed by atoms with E-state index in [4.69, 9.17) is 6.42 Å². The van der Waals surface area contributed by atoms with Gasteiger partial charge in [0.25, 0.3) is 0 Å². The third kappa shape index (κ3) is 9.87. The van der Waals surface area contributed by atoms with Gasteiger partial charge < -0.3 is 0 Å². The molecule has 0 aliphatic rings. The van der Waals surface area contributed by atoms with Crippen LogP contribution in [0.1, 0.15) is 101 Å². The van der Waals surface area contributed by atoms with Gasteiger partial charge in [-0.3, -0.25) is 0 Å². The highest BCUT2D eigenvalue weighted by atomic mass is 32.1. The van der Waals surface area contributed by atoms with Gasteiger partial charge in [0.2, 0.25) is 0 Å². The number of thiophene rings is 1. The van der Waals surface area contributed by atoms with Crippen LogP contribution in [-0.4, -0.2) is 0 Å². The topological polar surface area (TPSA) is 0 Å². The lowest BCUT2D eigenvalue weighted by molar-refractivity contribution is 0.404. The molecule has 0 fully saturated rings. The molecule has 0 aromatic carbocycles. The van der Waals surface area contributed by atoms with Gasteiger partial charge in [0.15, 0.2) is 0 Å². The van der Waals surface area contributed by atoms with Crippen LogP contribution in [0.5, 0.6) is 0 Å². The average Bonchev–Trinajstić information content (AvgIpc) is 3.02. The van der Waals surface area contributed by atoms with Crippen LogP contribution in [0.2, 0.25) is 0 Å². The standard InChI is InChI=1S/C22H36S/c1-4-7-9-11-12-14-16-20(15-13-10-8-5-2)19-22-18-17-21(6-3)23-22/h3,17-18,20H,4-5,7-16,19H2,1-2H3. The molecule has 0 radical (unpaired) electrons. The van der Waals surface area contributed by atoms with Gasteiger partial charge in [0, 0.05) is 4.88 Å². The van der Waals surface area contributed by atoms with E-state index in [9.17, 15) is 0 Å². The molecule has 1 heterocycles. The molecule has 23 heavy (non-hydrogen) atoms. The summed E-state index contributed by atoms with van der Waals surface area (Å²) in [5, 5.41) is 0. The summed E-state index contributed by atoms with van der Waals surface area (Å²) in [4.78, 5) is 2.58. The van der Waals surface area contributed by atoms with Crippen molar-refractivity contribution in [2.75, 3.05) is 0 Å². The Morgan fingerprint density at radius 1 is 0.870 bits per heavy atom.